The Kier molecular flexibility index (Phi) is 5.71. The SMILES string of the molecule is CC[C@H](CC(=O)NCC(=O)Nc1cn[nH]c1)c1ccccc1. The second kappa shape index (κ2) is 7.97. The number of amides is 2. The van der Waals surface area contributed by atoms with Crippen molar-refractivity contribution >= 4 is 17.5 Å². The van der Waals surface area contributed by atoms with Crippen LogP contribution in [0.25, 0.3) is 0 Å². The highest BCUT2D eigenvalue weighted by Gasteiger charge is 2.14. The van der Waals surface area contributed by atoms with Crippen molar-refractivity contribution < 1.29 is 9.59 Å². The van der Waals surface area contributed by atoms with Crippen LogP contribution in [0.1, 0.15) is 31.2 Å². The van der Waals surface area contributed by atoms with Gasteiger partial charge >= 0.3 is 0 Å². The van der Waals surface area contributed by atoms with Crippen LogP contribution in [0.4, 0.5) is 5.69 Å². The van der Waals surface area contributed by atoms with E-state index in [1.165, 1.54) is 6.20 Å². The Labute approximate surface area is 129 Å². The molecule has 1 heterocycles. The van der Waals surface area contributed by atoms with E-state index in [1.807, 2.05) is 30.3 Å². The van der Waals surface area contributed by atoms with Crippen molar-refractivity contribution in [1.82, 2.24) is 15.5 Å². The summed E-state index contributed by atoms with van der Waals surface area (Å²) < 4.78 is 0. The molecule has 0 saturated heterocycles. The van der Waals surface area contributed by atoms with E-state index in [0.29, 0.717) is 12.1 Å². The maximum Gasteiger partial charge on any atom is 0.243 e. The molecule has 22 heavy (non-hydrogen) atoms. The number of rotatable bonds is 7. The molecule has 2 aromatic rings. The van der Waals surface area contributed by atoms with Crippen LogP contribution in [0.15, 0.2) is 42.7 Å². The summed E-state index contributed by atoms with van der Waals surface area (Å²) in [5, 5.41) is 11.6. The first-order valence-corrected chi connectivity index (χ1v) is 7.29. The number of aromatic amines is 1. The first kappa shape index (κ1) is 15.8. The topological polar surface area (TPSA) is 86.9 Å². The monoisotopic (exact) mass is 300 g/mol. The molecular weight excluding hydrogens is 280 g/mol. The summed E-state index contributed by atoms with van der Waals surface area (Å²) >= 11 is 0. The number of nitrogens with zero attached hydrogens (tertiary/aromatic N) is 1. The molecule has 0 unspecified atom stereocenters. The van der Waals surface area contributed by atoms with Gasteiger partial charge in [-0.1, -0.05) is 37.3 Å². The molecule has 0 fully saturated rings. The number of hydrogen-bond donors (Lipinski definition) is 3. The van der Waals surface area contributed by atoms with Crippen LogP contribution in [-0.2, 0) is 9.59 Å². The van der Waals surface area contributed by atoms with Crippen LogP contribution < -0.4 is 10.6 Å². The number of anilines is 1. The molecule has 2 rings (SSSR count). The summed E-state index contributed by atoms with van der Waals surface area (Å²) in [6.45, 7) is 2.01. The van der Waals surface area contributed by atoms with E-state index in [4.69, 9.17) is 0 Å². The molecule has 6 nitrogen and oxygen atoms in total. The summed E-state index contributed by atoms with van der Waals surface area (Å²) in [6.07, 6.45) is 4.32. The molecule has 0 spiro atoms. The number of nitrogens with one attached hydrogen (secondary N) is 3. The summed E-state index contributed by atoms with van der Waals surface area (Å²) in [5.74, 6) is -0.237. The van der Waals surface area contributed by atoms with Gasteiger partial charge in [0.15, 0.2) is 0 Å². The summed E-state index contributed by atoms with van der Waals surface area (Å²) in [6, 6.07) is 9.93. The van der Waals surface area contributed by atoms with Gasteiger partial charge in [-0.05, 0) is 17.9 Å². The average Bonchev–Trinajstić information content (AvgIpc) is 3.04. The van der Waals surface area contributed by atoms with Crippen molar-refractivity contribution in [3.05, 3.63) is 48.3 Å². The van der Waals surface area contributed by atoms with Crippen LogP contribution in [-0.4, -0.2) is 28.6 Å². The molecular formula is C16H20N4O2. The highest BCUT2D eigenvalue weighted by atomic mass is 16.2. The molecule has 116 valence electrons. The molecule has 2 amide bonds. The lowest BCUT2D eigenvalue weighted by atomic mass is 9.93. The molecule has 0 radical (unpaired) electrons. The quantitative estimate of drug-likeness (QED) is 0.731. The normalized spacial score (nSPS) is 11.7. The van der Waals surface area contributed by atoms with Crippen LogP contribution in [0.2, 0.25) is 0 Å². The Hall–Kier alpha value is -2.63. The van der Waals surface area contributed by atoms with Crippen molar-refractivity contribution in [3.8, 4) is 0 Å². The minimum Gasteiger partial charge on any atom is -0.347 e. The van der Waals surface area contributed by atoms with Crippen molar-refractivity contribution in [2.45, 2.75) is 25.7 Å². The standard InChI is InChI=1S/C16H20N4O2/c1-2-12(13-6-4-3-5-7-13)8-15(21)17-11-16(22)20-14-9-18-19-10-14/h3-7,9-10,12H,2,8,11H2,1H3,(H,17,21)(H,18,19)(H,20,22)/t12-/m1/s1. The number of hydrogen-bond acceptors (Lipinski definition) is 3. The Balaban J connectivity index is 1.78. The van der Waals surface area contributed by atoms with E-state index < -0.39 is 0 Å². The largest absolute Gasteiger partial charge is 0.347 e. The van der Waals surface area contributed by atoms with E-state index in [2.05, 4.69) is 27.8 Å². The molecule has 1 aromatic carbocycles. The Morgan fingerprint density at radius 3 is 2.64 bits per heavy atom. The third-order valence-corrected chi connectivity index (χ3v) is 3.42. The lowest BCUT2D eigenvalue weighted by Crippen LogP contribution is -2.33. The minimum absolute atomic E-state index is 0.0464. The molecule has 6 heteroatoms. The van der Waals surface area contributed by atoms with E-state index in [-0.39, 0.29) is 24.3 Å². The molecule has 0 saturated carbocycles. The van der Waals surface area contributed by atoms with Gasteiger partial charge in [-0.3, -0.25) is 14.7 Å². The van der Waals surface area contributed by atoms with Gasteiger partial charge in [0.1, 0.15) is 0 Å². The summed E-state index contributed by atoms with van der Waals surface area (Å²) in [4.78, 5) is 23.7. The van der Waals surface area contributed by atoms with Gasteiger partial charge in [-0.2, -0.15) is 5.10 Å². The maximum atomic E-state index is 12.0. The van der Waals surface area contributed by atoms with Crippen LogP contribution in [0.3, 0.4) is 0 Å². The Bertz CT molecular complexity index is 596. The Morgan fingerprint density at radius 1 is 1.23 bits per heavy atom. The smallest absolute Gasteiger partial charge is 0.243 e. The van der Waals surface area contributed by atoms with E-state index in [0.717, 1.165) is 12.0 Å². The van der Waals surface area contributed by atoms with Crippen LogP contribution >= 0.6 is 0 Å². The van der Waals surface area contributed by atoms with Gasteiger partial charge in [0, 0.05) is 12.6 Å². The molecule has 1 aromatic heterocycles. The van der Waals surface area contributed by atoms with Crippen molar-refractivity contribution in [3.63, 3.8) is 0 Å². The number of benzene rings is 1. The minimum atomic E-state index is -0.275. The number of carbonyl (C=O) groups is 2. The summed E-state index contributed by atoms with van der Waals surface area (Å²) in [5.41, 5.74) is 1.72. The molecule has 0 bridgehead atoms. The maximum absolute atomic E-state index is 12.0. The first-order chi connectivity index (χ1) is 10.7. The lowest BCUT2D eigenvalue weighted by Gasteiger charge is -2.15. The van der Waals surface area contributed by atoms with E-state index in [9.17, 15) is 9.59 Å². The number of aromatic nitrogens is 2. The van der Waals surface area contributed by atoms with Crippen molar-refractivity contribution in [2.24, 2.45) is 0 Å². The first-order valence-electron chi connectivity index (χ1n) is 7.29. The second-order valence-corrected chi connectivity index (χ2v) is 5.03. The lowest BCUT2D eigenvalue weighted by molar-refractivity contribution is -0.124. The Morgan fingerprint density at radius 2 is 2.00 bits per heavy atom. The van der Waals surface area contributed by atoms with E-state index >= 15 is 0 Å². The van der Waals surface area contributed by atoms with Gasteiger partial charge < -0.3 is 10.6 Å². The fourth-order valence-corrected chi connectivity index (χ4v) is 2.22. The fourth-order valence-electron chi connectivity index (χ4n) is 2.22. The zero-order valence-electron chi connectivity index (χ0n) is 12.5. The van der Waals surface area contributed by atoms with Crippen LogP contribution in [0.5, 0.6) is 0 Å². The fraction of sp³-hybridized carbons (Fsp3) is 0.312. The highest BCUT2D eigenvalue weighted by molar-refractivity contribution is 5.94. The van der Waals surface area contributed by atoms with Crippen LogP contribution in [0, 0.1) is 0 Å². The number of H-pyrrole nitrogens is 1. The van der Waals surface area contributed by atoms with Gasteiger partial charge in [0.05, 0.1) is 18.4 Å². The third kappa shape index (κ3) is 4.73. The predicted molar refractivity (Wildman–Crippen MR) is 84.3 cm³/mol. The highest BCUT2D eigenvalue weighted by Crippen LogP contribution is 2.22. The van der Waals surface area contributed by atoms with Gasteiger partial charge in [0.25, 0.3) is 0 Å². The average molecular weight is 300 g/mol. The molecule has 0 aliphatic carbocycles. The van der Waals surface area contributed by atoms with Gasteiger partial charge in [-0.15, -0.1) is 0 Å². The zero-order valence-corrected chi connectivity index (χ0v) is 12.5. The van der Waals surface area contributed by atoms with E-state index in [1.54, 1.807) is 6.20 Å². The van der Waals surface area contributed by atoms with Crippen molar-refractivity contribution in [1.29, 1.82) is 0 Å². The molecule has 0 aliphatic rings. The number of carbonyl (C=O) groups excluding carboxylic acids is 2. The van der Waals surface area contributed by atoms with Crippen molar-refractivity contribution in [2.75, 3.05) is 11.9 Å². The second-order valence-electron chi connectivity index (χ2n) is 5.03. The predicted octanol–water partition coefficient (Wildman–Crippen LogP) is 2.05. The summed E-state index contributed by atoms with van der Waals surface area (Å²) in [7, 11) is 0. The van der Waals surface area contributed by atoms with Gasteiger partial charge in [-0.25, -0.2) is 0 Å². The third-order valence-electron chi connectivity index (χ3n) is 3.42. The zero-order chi connectivity index (χ0) is 15.8. The molecule has 0 aliphatic heterocycles. The molecule has 1 atom stereocenters. The molecule has 3 N–H and O–H groups in total. The van der Waals surface area contributed by atoms with Gasteiger partial charge in [0.2, 0.25) is 11.8 Å².